The van der Waals surface area contributed by atoms with Crippen LogP contribution in [-0.2, 0) is 4.79 Å². The molecular formula is C23H22ClN3O3. The van der Waals surface area contributed by atoms with Gasteiger partial charge < -0.3 is 20.7 Å². The number of hydrogen-bond acceptors (Lipinski definition) is 4. The number of anilines is 3. The number of methoxy groups -OCH3 is 1. The number of amides is 2. The van der Waals surface area contributed by atoms with Gasteiger partial charge >= 0.3 is 0 Å². The Morgan fingerprint density at radius 3 is 2.40 bits per heavy atom. The molecule has 3 aromatic carbocycles. The van der Waals surface area contributed by atoms with E-state index in [9.17, 15) is 9.59 Å². The Bertz CT molecular complexity index is 1050. The van der Waals surface area contributed by atoms with Crippen LogP contribution >= 0.6 is 11.6 Å². The number of carbonyl (C=O) groups is 2. The van der Waals surface area contributed by atoms with Gasteiger partial charge in [0.2, 0.25) is 5.91 Å². The zero-order valence-electron chi connectivity index (χ0n) is 16.7. The largest absolute Gasteiger partial charge is 0.495 e. The smallest absolute Gasteiger partial charge is 0.257 e. The molecule has 0 aliphatic carbocycles. The third kappa shape index (κ3) is 5.52. The summed E-state index contributed by atoms with van der Waals surface area (Å²) >= 11 is 5.88. The summed E-state index contributed by atoms with van der Waals surface area (Å²) < 4.78 is 5.28. The van der Waals surface area contributed by atoms with Gasteiger partial charge in [0.25, 0.3) is 5.91 Å². The number of rotatable bonds is 7. The molecule has 0 fully saturated rings. The average molecular weight is 424 g/mol. The maximum atomic E-state index is 12.7. The fourth-order valence-corrected chi connectivity index (χ4v) is 2.98. The molecule has 0 heterocycles. The van der Waals surface area contributed by atoms with Gasteiger partial charge in [-0.2, -0.15) is 0 Å². The molecule has 7 heteroatoms. The Balaban J connectivity index is 1.66. The summed E-state index contributed by atoms with van der Waals surface area (Å²) in [4.78, 5) is 25.1. The molecule has 0 aliphatic rings. The number of halogens is 1. The highest BCUT2D eigenvalue weighted by atomic mass is 35.5. The van der Waals surface area contributed by atoms with Crippen molar-refractivity contribution < 1.29 is 14.3 Å². The summed E-state index contributed by atoms with van der Waals surface area (Å²) in [5.74, 6) is 0.0321. The molecule has 0 atom stereocenters. The monoisotopic (exact) mass is 423 g/mol. The maximum absolute atomic E-state index is 12.7. The third-order valence-corrected chi connectivity index (χ3v) is 4.59. The van der Waals surface area contributed by atoms with Gasteiger partial charge in [-0.15, -0.1) is 0 Å². The Morgan fingerprint density at radius 1 is 0.933 bits per heavy atom. The van der Waals surface area contributed by atoms with Crippen molar-refractivity contribution in [1.82, 2.24) is 0 Å². The van der Waals surface area contributed by atoms with Crippen LogP contribution in [0.25, 0.3) is 0 Å². The van der Waals surface area contributed by atoms with Crippen molar-refractivity contribution in [1.29, 1.82) is 0 Å². The van der Waals surface area contributed by atoms with Crippen LogP contribution in [-0.4, -0.2) is 25.5 Å². The summed E-state index contributed by atoms with van der Waals surface area (Å²) in [5, 5.41) is 9.26. The number of hydrogen-bond donors (Lipinski definition) is 3. The van der Waals surface area contributed by atoms with E-state index >= 15 is 0 Å². The highest BCUT2D eigenvalue weighted by molar-refractivity contribution is 6.30. The molecule has 0 saturated heterocycles. The summed E-state index contributed by atoms with van der Waals surface area (Å²) in [6, 6.07) is 19.4. The van der Waals surface area contributed by atoms with E-state index in [1.807, 2.05) is 19.1 Å². The second-order valence-electron chi connectivity index (χ2n) is 6.61. The predicted octanol–water partition coefficient (Wildman–Crippen LogP) is 4.96. The molecule has 0 unspecified atom stereocenters. The SMILES string of the molecule is COc1ccc(C)cc1NC(=O)CNc1ccccc1C(=O)Nc1ccc(Cl)cc1. The van der Waals surface area contributed by atoms with Gasteiger partial charge in [0.05, 0.1) is 24.9 Å². The molecule has 3 N–H and O–H groups in total. The van der Waals surface area contributed by atoms with Crippen molar-refractivity contribution in [2.75, 3.05) is 29.6 Å². The molecule has 3 rings (SSSR count). The van der Waals surface area contributed by atoms with Crippen LogP contribution in [0.1, 0.15) is 15.9 Å². The minimum Gasteiger partial charge on any atom is -0.495 e. The lowest BCUT2D eigenvalue weighted by Crippen LogP contribution is -2.23. The molecular weight excluding hydrogens is 402 g/mol. The highest BCUT2D eigenvalue weighted by Gasteiger charge is 2.13. The van der Waals surface area contributed by atoms with Gasteiger partial charge in [0, 0.05) is 16.4 Å². The van der Waals surface area contributed by atoms with Crippen LogP contribution < -0.4 is 20.7 Å². The van der Waals surface area contributed by atoms with E-state index in [2.05, 4.69) is 16.0 Å². The van der Waals surface area contributed by atoms with Gasteiger partial charge in [0.1, 0.15) is 5.75 Å². The van der Waals surface area contributed by atoms with Gasteiger partial charge in [-0.25, -0.2) is 0 Å². The van der Waals surface area contributed by atoms with Crippen LogP contribution in [0.5, 0.6) is 5.75 Å². The van der Waals surface area contributed by atoms with Crippen LogP contribution in [0.3, 0.4) is 0 Å². The first-order chi connectivity index (χ1) is 14.5. The number of aryl methyl sites for hydroxylation is 1. The summed E-state index contributed by atoms with van der Waals surface area (Å²) in [6.45, 7) is 1.92. The van der Waals surface area contributed by atoms with Crippen LogP contribution in [0, 0.1) is 6.92 Å². The third-order valence-electron chi connectivity index (χ3n) is 4.34. The number of ether oxygens (including phenoxy) is 1. The fourth-order valence-electron chi connectivity index (χ4n) is 2.86. The maximum Gasteiger partial charge on any atom is 0.257 e. The molecule has 0 aromatic heterocycles. The highest BCUT2D eigenvalue weighted by Crippen LogP contribution is 2.25. The second kappa shape index (κ2) is 9.80. The van der Waals surface area contributed by atoms with E-state index in [-0.39, 0.29) is 18.4 Å². The summed E-state index contributed by atoms with van der Waals surface area (Å²) in [6.07, 6.45) is 0. The minimum atomic E-state index is -0.291. The standard InChI is InChI=1S/C23H22ClN3O3/c1-15-7-12-21(30-2)20(13-15)27-22(28)14-25-19-6-4-3-5-18(19)23(29)26-17-10-8-16(24)9-11-17/h3-13,25H,14H2,1-2H3,(H,26,29)(H,27,28). The summed E-state index contributed by atoms with van der Waals surface area (Å²) in [7, 11) is 1.55. The van der Waals surface area contributed by atoms with Crippen molar-refractivity contribution in [3.63, 3.8) is 0 Å². The Labute approximate surface area is 180 Å². The van der Waals surface area contributed by atoms with Crippen LogP contribution in [0.2, 0.25) is 5.02 Å². The van der Waals surface area contributed by atoms with E-state index in [4.69, 9.17) is 16.3 Å². The molecule has 2 amide bonds. The van der Waals surface area contributed by atoms with Gasteiger partial charge in [-0.05, 0) is 61.0 Å². The lowest BCUT2D eigenvalue weighted by Gasteiger charge is -2.14. The van der Waals surface area contributed by atoms with Crippen molar-refractivity contribution >= 4 is 40.5 Å². The molecule has 30 heavy (non-hydrogen) atoms. The van der Waals surface area contributed by atoms with Crippen molar-refractivity contribution in [2.45, 2.75) is 6.92 Å². The van der Waals surface area contributed by atoms with Crippen molar-refractivity contribution in [3.05, 3.63) is 82.9 Å². The zero-order chi connectivity index (χ0) is 21.5. The number of nitrogens with one attached hydrogen (secondary N) is 3. The molecule has 0 aliphatic heterocycles. The van der Waals surface area contributed by atoms with E-state index in [1.54, 1.807) is 61.7 Å². The van der Waals surface area contributed by atoms with Gasteiger partial charge in [-0.3, -0.25) is 9.59 Å². The number of carbonyl (C=O) groups excluding carboxylic acids is 2. The lowest BCUT2D eigenvalue weighted by atomic mass is 10.1. The van der Waals surface area contributed by atoms with Gasteiger partial charge in [0.15, 0.2) is 0 Å². The molecule has 0 bridgehead atoms. The molecule has 0 radical (unpaired) electrons. The molecule has 6 nitrogen and oxygen atoms in total. The second-order valence-corrected chi connectivity index (χ2v) is 7.05. The molecule has 154 valence electrons. The van der Waals surface area contributed by atoms with E-state index < -0.39 is 0 Å². The quantitative estimate of drug-likeness (QED) is 0.501. The minimum absolute atomic E-state index is 0.0116. The Hall–Kier alpha value is -3.51. The topological polar surface area (TPSA) is 79.5 Å². The van der Waals surface area contributed by atoms with Crippen molar-refractivity contribution in [3.8, 4) is 5.75 Å². The van der Waals surface area contributed by atoms with Gasteiger partial charge in [-0.1, -0.05) is 29.8 Å². The average Bonchev–Trinajstić information content (AvgIpc) is 2.74. The first-order valence-electron chi connectivity index (χ1n) is 9.30. The van der Waals surface area contributed by atoms with Crippen LogP contribution in [0.4, 0.5) is 17.1 Å². The van der Waals surface area contributed by atoms with E-state index in [0.717, 1.165) is 5.56 Å². The first-order valence-corrected chi connectivity index (χ1v) is 9.68. The lowest BCUT2D eigenvalue weighted by molar-refractivity contribution is -0.114. The van der Waals surface area contributed by atoms with Crippen molar-refractivity contribution in [2.24, 2.45) is 0 Å². The molecule has 3 aromatic rings. The first kappa shape index (κ1) is 21.2. The summed E-state index contributed by atoms with van der Waals surface area (Å²) in [5.41, 5.74) is 3.20. The Morgan fingerprint density at radius 2 is 1.67 bits per heavy atom. The normalized spacial score (nSPS) is 10.2. The van der Waals surface area contributed by atoms with Crippen LogP contribution in [0.15, 0.2) is 66.7 Å². The Kier molecular flexibility index (Phi) is 6.93. The predicted molar refractivity (Wildman–Crippen MR) is 121 cm³/mol. The fraction of sp³-hybridized carbons (Fsp3) is 0.130. The molecule has 0 saturated carbocycles. The van der Waals surface area contributed by atoms with E-state index in [1.165, 1.54) is 0 Å². The number of para-hydroxylation sites is 1. The molecule has 0 spiro atoms. The van der Waals surface area contributed by atoms with E-state index in [0.29, 0.717) is 33.4 Å². The number of benzene rings is 3. The zero-order valence-corrected chi connectivity index (χ0v) is 17.4.